The Kier molecular flexibility index (Phi) is 5.47. The summed E-state index contributed by atoms with van der Waals surface area (Å²) >= 11 is 0. The molecule has 0 N–H and O–H groups in total. The molecule has 1 aromatic rings. The Labute approximate surface area is 115 Å². The molecule has 1 aliphatic carbocycles. The summed E-state index contributed by atoms with van der Waals surface area (Å²) in [5.74, 6) is -0.464. The summed E-state index contributed by atoms with van der Waals surface area (Å²) in [5.41, 5.74) is 0.236. The molecule has 0 heterocycles. The summed E-state index contributed by atoms with van der Waals surface area (Å²) in [7, 11) is 0. The van der Waals surface area contributed by atoms with Crippen LogP contribution in [-0.2, 0) is 0 Å². The van der Waals surface area contributed by atoms with Gasteiger partial charge in [0.15, 0.2) is 0 Å². The van der Waals surface area contributed by atoms with Gasteiger partial charge in [0, 0.05) is 1.43 Å². The summed E-state index contributed by atoms with van der Waals surface area (Å²) in [4.78, 5) is 0. The zero-order valence-corrected chi connectivity index (χ0v) is 10.5. The van der Waals surface area contributed by atoms with Gasteiger partial charge in [0.1, 0.15) is 23.3 Å². The Bertz CT molecular complexity index is 451. The minimum Gasteiger partial charge on any atom is -0.205 e. The van der Waals surface area contributed by atoms with Crippen molar-refractivity contribution in [3.8, 4) is 6.07 Å². The zero-order valence-electron chi connectivity index (χ0n) is 10.5. The highest BCUT2D eigenvalue weighted by Crippen LogP contribution is 2.37. The molecule has 1 saturated carbocycles. The Morgan fingerprint density at radius 2 is 1.74 bits per heavy atom. The first kappa shape index (κ1) is 15.6. The van der Waals surface area contributed by atoms with Gasteiger partial charge in [-0.15, -0.1) is 0 Å². The lowest BCUT2D eigenvalue weighted by atomic mass is 9.77. The first-order chi connectivity index (χ1) is 8.65. The lowest BCUT2D eigenvalue weighted by Gasteiger charge is -2.28. The average Bonchev–Trinajstić information content (AvgIpc) is 2.38. The molecule has 1 fully saturated rings. The molecule has 3 heteroatoms. The Morgan fingerprint density at radius 3 is 2.16 bits per heavy atom. The maximum absolute atomic E-state index is 13.5. The van der Waals surface area contributed by atoms with Crippen molar-refractivity contribution in [1.82, 2.24) is 0 Å². The van der Waals surface area contributed by atoms with Crippen LogP contribution in [0.25, 0.3) is 0 Å². The molecule has 0 aliphatic heterocycles. The van der Waals surface area contributed by atoms with Crippen molar-refractivity contribution in [2.24, 2.45) is 5.92 Å². The van der Waals surface area contributed by atoms with Gasteiger partial charge in [0.05, 0.1) is 0 Å². The highest BCUT2D eigenvalue weighted by molar-refractivity contribution is 5.36. The van der Waals surface area contributed by atoms with E-state index in [1.165, 1.54) is 18.6 Å². The second kappa shape index (κ2) is 6.65. The summed E-state index contributed by atoms with van der Waals surface area (Å²) < 4.78 is 27.1. The summed E-state index contributed by atoms with van der Waals surface area (Å²) in [5, 5.41) is 8.64. The molecule has 0 atom stereocenters. The van der Waals surface area contributed by atoms with Crippen LogP contribution in [0, 0.1) is 28.9 Å². The molecular weight excluding hydrogens is 244 g/mol. The van der Waals surface area contributed by atoms with Crippen LogP contribution in [0.4, 0.5) is 8.78 Å². The largest absolute Gasteiger partial charge is 0.205 e. The molecule has 106 valence electrons. The van der Waals surface area contributed by atoms with Crippen molar-refractivity contribution in [3.05, 3.63) is 34.9 Å². The van der Waals surface area contributed by atoms with Crippen LogP contribution in [0.2, 0.25) is 0 Å². The predicted octanol–water partition coefficient (Wildman–Crippen LogP) is 5.40. The van der Waals surface area contributed by atoms with Crippen LogP contribution in [0.5, 0.6) is 0 Å². The van der Waals surface area contributed by atoms with Gasteiger partial charge in [0.25, 0.3) is 0 Å². The van der Waals surface area contributed by atoms with Crippen molar-refractivity contribution in [3.63, 3.8) is 0 Å². The van der Waals surface area contributed by atoms with E-state index in [0.717, 1.165) is 31.6 Å². The van der Waals surface area contributed by atoms with Crippen LogP contribution in [0.3, 0.4) is 0 Å². The highest BCUT2D eigenvalue weighted by Gasteiger charge is 2.23. The van der Waals surface area contributed by atoms with E-state index in [9.17, 15) is 8.78 Å². The number of halogens is 2. The fourth-order valence-corrected chi connectivity index (χ4v) is 2.84. The monoisotopic (exact) mass is 267 g/mol. The van der Waals surface area contributed by atoms with Gasteiger partial charge >= 0.3 is 0 Å². The predicted molar refractivity (Wildman–Crippen MR) is 74.9 cm³/mol. The standard InChI is InChI=1S/C15H17F2N.CH4.H2/c1-2-10-3-5-11(6-4-10)12-7-14(16)13(9-18)15(17)8-12;;/h7-8,10-11H,2-6H2,1H3;1H4;1H. The minimum atomic E-state index is -0.731. The molecule has 0 aromatic heterocycles. The first-order valence-electron chi connectivity index (χ1n) is 6.54. The molecule has 0 spiro atoms. The molecule has 19 heavy (non-hydrogen) atoms. The highest BCUT2D eigenvalue weighted by atomic mass is 19.1. The van der Waals surface area contributed by atoms with Crippen molar-refractivity contribution < 1.29 is 10.2 Å². The molecule has 0 radical (unpaired) electrons. The molecular formula is C16H23F2N. The third-order valence-corrected chi connectivity index (χ3v) is 4.07. The molecule has 1 aromatic carbocycles. The van der Waals surface area contributed by atoms with E-state index in [-0.39, 0.29) is 14.8 Å². The number of rotatable bonds is 2. The maximum Gasteiger partial charge on any atom is 0.144 e. The van der Waals surface area contributed by atoms with E-state index in [2.05, 4.69) is 6.92 Å². The van der Waals surface area contributed by atoms with Crippen molar-refractivity contribution in [2.45, 2.75) is 52.4 Å². The molecule has 0 amide bonds. The first-order valence-corrected chi connectivity index (χ1v) is 6.54. The van der Waals surface area contributed by atoms with Crippen LogP contribution >= 0.6 is 0 Å². The molecule has 0 bridgehead atoms. The number of nitrogens with zero attached hydrogens (tertiary/aromatic N) is 1. The van der Waals surface area contributed by atoms with E-state index in [4.69, 9.17) is 5.26 Å². The summed E-state index contributed by atoms with van der Waals surface area (Å²) in [6, 6.07) is 4.22. The molecule has 0 saturated heterocycles. The van der Waals surface area contributed by atoms with E-state index >= 15 is 0 Å². The van der Waals surface area contributed by atoms with Crippen LogP contribution in [0.15, 0.2) is 12.1 Å². The number of hydrogen-bond acceptors (Lipinski definition) is 1. The second-order valence-electron chi connectivity index (χ2n) is 5.10. The summed E-state index contributed by atoms with van der Waals surface area (Å²) in [6.45, 7) is 2.19. The fourth-order valence-electron chi connectivity index (χ4n) is 2.84. The molecule has 2 rings (SSSR count). The maximum atomic E-state index is 13.5. The normalized spacial score (nSPS) is 22.4. The Balaban J connectivity index is 0.00000180. The lowest BCUT2D eigenvalue weighted by molar-refractivity contribution is 0.318. The van der Waals surface area contributed by atoms with E-state index in [0.29, 0.717) is 5.56 Å². The van der Waals surface area contributed by atoms with Gasteiger partial charge in [-0.25, -0.2) is 8.78 Å². The van der Waals surface area contributed by atoms with E-state index in [1.54, 1.807) is 6.07 Å². The number of benzene rings is 1. The quantitative estimate of drug-likeness (QED) is 0.703. The van der Waals surface area contributed by atoms with Crippen LogP contribution in [0.1, 0.15) is 64.9 Å². The number of nitriles is 1. The minimum absolute atomic E-state index is 0. The van der Waals surface area contributed by atoms with Gasteiger partial charge in [0.2, 0.25) is 0 Å². The lowest BCUT2D eigenvalue weighted by Crippen LogP contribution is -2.13. The van der Waals surface area contributed by atoms with Gasteiger partial charge in [-0.05, 0) is 55.2 Å². The zero-order chi connectivity index (χ0) is 13.1. The average molecular weight is 267 g/mol. The van der Waals surface area contributed by atoms with Crippen molar-refractivity contribution in [1.29, 1.82) is 5.26 Å². The third kappa shape index (κ3) is 3.32. The van der Waals surface area contributed by atoms with Crippen molar-refractivity contribution >= 4 is 0 Å². The fraction of sp³-hybridized carbons (Fsp3) is 0.562. The molecule has 0 unspecified atom stereocenters. The molecule has 1 aliphatic rings. The van der Waals surface area contributed by atoms with Crippen LogP contribution < -0.4 is 0 Å². The third-order valence-electron chi connectivity index (χ3n) is 4.07. The van der Waals surface area contributed by atoms with Gasteiger partial charge < -0.3 is 0 Å². The summed E-state index contributed by atoms with van der Waals surface area (Å²) in [6.07, 6.45) is 5.42. The van der Waals surface area contributed by atoms with Gasteiger partial charge in [-0.1, -0.05) is 20.8 Å². The second-order valence-corrected chi connectivity index (χ2v) is 5.10. The Morgan fingerprint density at radius 1 is 1.21 bits per heavy atom. The molecule has 1 nitrogen and oxygen atoms in total. The van der Waals surface area contributed by atoms with E-state index < -0.39 is 17.2 Å². The topological polar surface area (TPSA) is 23.8 Å². The van der Waals surface area contributed by atoms with E-state index in [1.807, 2.05) is 0 Å². The van der Waals surface area contributed by atoms with Crippen molar-refractivity contribution in [2.75, 3.05) is 0 Å². The number of hydrogen-bond donors (Lipinski definition) is 0. The SMILES string of the molecule is C.CCC1CCC(c2cc(F)c(C#N)c(F)c2)CC1.[HH]. The van der Waals surface area contributed by atoms with Gasteiger partial charge in [-0.2, -0.15) is 5.26 Å². The smallest absolute Gasteiger partial charge is 0.144 e. The van der Waals surface area contributed by atoms with Gasteiger partial charge in [-0.3, -0.25) is 0 Å². The van der Waals surface area contributed by atoms with Crippen LogP contribution in [-0.4, -0.2) is 0 Å². The Hall–Kier alpha value is -1.43.